The van der Waals surface area contributed by atoms with Gasteiger partial charge in [0, 0.05) is 12.3 Å². The van der Waals surface area contributed by atoms with Crippen LogP contribution in [0.4, 0.5) is 0 Å². The maximum atomic E-state index is 12.0. The van der Waals surface area contributed by atoms with Crippen molar-refractivity contribution in [1.82, 2.24) is 9.55 Å². The van der Waals surface area contributed by atoms with Crippen molar-refractivity contribution in [2.24, 2.45) is 0 Å². The van der Waals surface area contributed by atoms with Crippen LogP contribution in [0.25, 0.3) is 0 Å². The maximum absolute atomic E-state index is 12.0. The number of nitrogens with zero attached hydrogens (tertiary/aromatic N) is 1. The van der Waals surface area contributed by atoms with Crippen LogP contribution in [0, 0.1) is 0 Å². The Bertz CT molecular complexity index is 1210. The number of aromatic amines is 1. The molecule has 2 heterocycles. The molecule has 4 unspecified atom stereocenters. The lowest BCUT2D eigenvalue weighted by atomic mass is 10.1. The summed E-state index contributed by atoms with van der Waals surface area (Å²) in [7, 11) is -22.0. The van der Waals surface area contributed by atoms with Crippen molar-refractivity contribution in [3.63, 3.8) is 0 Å². The van der Waals surface area contributed by atoms with Crippen molar-refractivity contribution >= 4 is 31.1 Å². The summed E-state index contributed by atoms with van der Waals surface area (Å²) in [5.74, 6) is 0. The number of phosphoric acid groups is 3. The molecule has 202 valence electrons. The van der Waals surface area contributed by atoms with Crippen LogP contribution in [0.1, 0.15) is 19.6 Å². The smallest absolute Gasteiger partial charge is 0.387 e. The van der Waals surface area contributed by atoms with E-state index in [4.69, 9.17) is 4.74 Å². The minimum atomic E-state index is -5.94. The zero-order valence-corrected chi connectivity index (χ0v) is 21.1. The van der Waals surface area contributed by atoms with E-state index in [1.165, 1.54) is 6.92 Å². The Morgan fingerprint density at radius 2 is 1.54 bits per heavy atom. The topological polar surface area (TPSA) is 291 Å². The highest BCUT2D eigenvalue weighted by Gasteiger charge is 2.48. The molecule has 0 aromatic carbocycles. The third-order valence-corrected chi connectivity index (χ3v) is 10.6. The van der Waals surface area contributed by atoms with E-state index in [0.29, 0.717) is 4.57 Å². The molecule has 0 aliphatic carbocycles. The molecular weight excluding hydrogens is 568 g/mol. The minimum absolute atomic E-state index is 0.0161. The third-order valence-electron chi connectivity index (χ3n) is 4.01. The van der Waals surface area contributed by atoms with Crippen molar-refractivity contribution < 1.29 is 70.2 Å². The largest absolute Gasteiger partial charge is 0.490 e. The van der Waals surface area contributed by atoms with Crippen LogP contribution >= 0.6 is 31.1 Å². The van der Waals surface area contributed by atoms with Gasteiger partial charge in [0.2, 0.25) is 0 Å². The van der Waals surface area contributed by atoms with E-state index in [-0.39, 0.29) is 6.42 Å². The molecule has 8 atom stereocenters. The summed E-state index contributed by atoms with van der Waals surface area (Å²) in [6, 6.07) is 0.906. The van der Waals surface area contributed by atoms with Crippen LogP contribution < -0.4 is 11.2 Å². The summed E-state index contributed by atoms with van der Waals surface area (Å²) in [4.78, 5) is 62.7. The highest BCUT2D eigenvalue weighted by atomic mass is 31.3. The quantitative estimate of drug-likeness (QED) is 0.145. The Labute approximate surface area is 195 Å². The third kappa shape index (κ3) is 8.90. The van der Waals surface area contributed by atoms with Crippen LogP contribution in [0.3, 0.4) is 0 Å². The van der Waals surface area contributed by atoms with Gasteiger partial charge in [-0.2, -0.15) is 8.62 Å². The number of aromatic nitrogens is 2. The van der Waals surface area contributed by atoms with Crippen LogP contribution in [0.15, 0.2) is 21.9 Å². The molecule has 0 bridgehead atoms. The van der Waals surface area contributed by atoms with Gasteiger partial charge in [-0.1, -0.05) is 6.92 Å². The normalized spacial score (nSPS) is 29.6. The van der Waals surface area contributed by atoms with Gasteiger partial charge in [-0.15, -0.1) is 0 Å². The molecule has 0 radical (unpaired) electrons. The second-order valence-corrected chi connectivity index (χ2v) is 13.6. The molecule has 0 amide bonds. The molecule has 1 fully saturated rings. The Morgan fingerprint density at radius 3 is 2.11 bits per heavy atom. The molecule has 23 heteroatoms. The molecule has 7 N–H and O–H groups in total. The minimum Gasteiger partial charge on any atom is -0.387 e. The van der Waals surface area contributed by atoms with Gasteiger partial charge in [-0.05, 0) is 6.42 Å². The van der Waals surface area contributed by atoms with Crippen molar-refractivity contribution in [2.75, 3.05) is 12.8 Å². The molecule has 0 saturated carbocycles. The first kappa shape index (κ1) is 30.4. The molecule has 1 aliphatic rings. The van der Waals surface area contributed by atoms with Gasteiger partial charge in [0.05, 0.1) is 12.8 Å². The van der Waals surface area contributed by atoms with E-state index >= 15 is 0 Å². The number of aliphatic hydroxyl groups excluding tert-OH is 2. The lowest BCUT2D eigenvalue weighted by Gasteiger charge is -2.21. The maximum Gasteiger partial charge on any atom is 0.490 e. The SMILES string of the molecule is CCCP(=O)(O)OP(=O)(O)OP(=O)(O)OP(=O)(O)OC[C@H]1O[C@@H](n2ccc(=O)[nH]c2=O)[C@H](O)[C@@H]1O. The Morgan fingerprint density at radius 1 is 0.971 bits per heavy atom. The fourth-order valence-electron chi connectivity index (χ4n) is 2.69. The van der Waals surface area contributed by atoms with Crippen molar-refractivity contribution in [2.45, 2.75) is 37.9 Å². The standard InChI is InChI=1S/C12H22N2O17P4/c1-2-5-32(19,20)29-34(23,24)31-35(25,26)30-33(21,22)27-6-7-9(16)10(17)11(28-7)14-4-3-8(15)13-12(14)18/h3-4,7,9-11,16-17H,2,5-6H2,1H3,(H,19,20)(H,21,22)(H,23,24)(H,25,26)(H,13,15,18)/t7-,9-,10-,11-/m1/s1. The lowest BCUT2D eigenvalue weighted by Crippen LogP contribution is -2.37. The summed E-state index contributed by atoms with van der Waals surface area (Å²) in [5.41, 5.74) is -1.79. The van der Waals surface area contributed by atoms with E-state index < -0.39 is 79.6 Å². The van der Waals surface area contributed by atoms with Crippen molar-refractivity contribution in [1.29, 1.82) is 0 Å². The number of phosphoric ester groups is 1. The van der Waals surface area contributed by atoms with E-state index in [2.05, 4.69) is 17.5 Å². The molecule has 0 spiro atoms. The Hall–Kier alpha value is -0.840. The molecule has 35 heavy (non-hydrogen) atoms. The Kier molecular flexibility index (Phi) is 9.79. The molecule has 2 rings (SSSR count). The van der Waals surface area contributed by atoms with Gasteiger partial charge in [0.15, 0.2) is 6.23 Å². The number of aliphatic hydroxyl groups is 2. The monoisotopic (exact) mass is 590 g/mol. The molecule has 1 aliphatic heterocycles. The van der Waals surface area contributed by atoms with Crippen LogP contribution in [-0.2, 0) is 40.5 Å². The number of nitrogens with one attached hydrogen (secondary N) is 1. The van der Waals surface area contributed by atoms with Crippen LogP contribution in [0.5, 0.6) is 0 Å². The van der Waals surface area contributed by atoms with Gasteiger partial charge in [0.1, 0.15) is 18.3 Å². The predicted octanol–water partition coefficient (Wildman–Crippen LogP) is -0.881. The first-order chi connectivity index (χ1) is 15.9. The lowest BCUT2D eigenvalue weighted by molar-refractivity contribution is -0.0542. The predicted molar refractivity (Wildman–Crippen MR) is 111 cm³/mol. The average molecular weight is 590 g/mol. The highest BCUT2D eigenvalue weighted by molar-refractivity contribution is 7.70. The van der Waals surface area contributed by atoms with Gasteiger partial charge >= 0.3 is 36.8 Å². The fourth-order valence-corrected chi connectivity index (χ4v) is 8.26. The van der Waals surface area contributed by atoms with E-state index in [1.54, 1.807) is 0 Å². The van der Waals surface area contributed by atoms with Gasteiger partial charge in [-0.3, -0.25) is 23.4 Å². The summed E-state index contributed by atoms with van der Waals surface area (Å²) < 4.78 is 68.7. The Balaban J connectivity index is 2.03. The number of H-pyrrole nitrogens is 1. The van der Waals surface area contributed by atoms with E-state index in [9.17, 15) is 57.6 Å². The number of hydrogen-bond donors (Lipinski definition) is 7. The van der Waals surface area contributed by atoms with Gasteiger partial charge in [-0.25, -0.2) is 22.8 Å². The molecular formula is C12H22N2O17P4. The van der Waals surface area contributed by atoms with Gasteiger partial charge < -0.3 is 34.5 Å². The molecule has 1 saturated heterocycles. The average Bonchev–Trinajstić information content (AvgIpc) is 2.92. The highest BCUT2D eigenvalue weighted by Crippen LogP contribution is 2.71. The number of ether oxygens (including phenoxy) is 1. The van der Waals surface area contributed by atoms with Crippen LogP contribution in [0.2, 0.25) is 0 Å². The molecule has 1 aromatic heterocycles. The van der Waals surface area contributed by atoms with Crippen molar-refractivity contribution in [3.8, 4) is 0 Å². The van der Waals surface area contributed by atoms with Crippen LogP contribution in [-0.4, -0.2) is 70.4 Å². The molecule has 1 aromatic rings. The zero-order chi connectivity index (χ0) is 26.8. The van der Waals surface area contributed by atoms with Gasteiger partial charge in [0.25, 0.3) is 5.56 Å². The second kappa shape index (κ2) is 11.3. The first-order valence-corrected chi connectivity index (χ1v) is 15.5. The summed E-state index contributed by atoms with van der Waals surface area (Å²) in [6.45, 7) is 0.316. The zero-order valence-electron chi connectivity index (χ0n) is 17.5. The summed E-state index contributed by atoms with van der Waals surface area (Å²) in [6.07, 6.45) is -6.51. The van der Waals surface area contributed by atoms with E-state index in [0.717, 1.165) is 12.3 Å². The fraction of sp³-hybridized carbons (Fsp3) is 0.667. The first-order valence-electron chi connectivity index (χ1n) is 9.29. The summed E-state index contributed by atoms with van der Waals surface area (Å²) in [5, 5.41) is 20.1. The van der Waals surface area contributed by atoms with E-state index in [1.807, 2.05) is 4.98 Å². The van der Waals surface area contributed by atoms with Crippen molar-refractivity contribution in [3.05, 3.63) is 33.1 Å². The molecule has 19 nitrogen and oxygen atoms in total. The second-order valence-electron chi connectivity index (χ2n) is 6.87. The summed E-state index contributed by atoms with van der Waals surface area (Å²) >= 11 is 0. The number of rotatable bonds is 12. The number of hydrogen-bond acceptors (Lipinski definition) is 13.